The molecule has 2 N–H and O–H groups in total. The predicted molar refractivity (Wildman–Crippen MR) is 62.4 cm³/mol. The Balaban J connectivity index is 3.29. The number of hydrogen-bond donors (Lipinski definition) is 2. The topological polar surface area (TPSA) is 77.8 Å². The lowest BCUT2D eigenvalue weighted by atomic mass is 10.1. The molecule has 0 fully saturated rings. The second-order valence-corrected chi connectivity index (χ2v) is 3.52. The van der Waals surface area contributed by atoms with Gasteiger partial charge < -0.3 is 15.1 Å². The number of amides is 1. The van der Waals surface area contributed by atoms with Crippen molar-refractivity contribution in [2.75, 3.05) is 13.1 Å². The number of phenols is 2. The molecule has 1 aromatic rings. The van der Waals surface area contributed by atoms with Crippen molar-refractivity contribution in [2.45, 2.75) is 13.8 Å². The van der Waals surface area contributed by atoms with E-state index >= 15 is 0 Å². The van der Waals surface area contributed by atoms with Crippen molar-refractivity contribution in [3.63, 3.8) is 0 Å². The zero-order chi connectivity index (χ0) is 13.0. The van der Waals surface area contributed by atoms with E-state index < -0.39 is 5.75 Å². The van der Waals surface area contributed by atoms with Gasteiger partial charge in [0.15, 0.2) is 6.29 Å². The predicted octanol–water partition coefficient (Wildman–Crippen LogP) is 1.39. The van der Waals surface area contributed by atoms with Gasteiger partial charge in [-0.2, -0.15) is 0 Å². The average molecular weight is 237 g/mol. The zero-order valence-corrected chi connectivity index (χ0v) is 9.80. The highest BCUT2D eigenvalue weighted by atomic mass is 16.3. The standard InChI is InChI=1S/C12H15NO4/c1-3-13(4-2)12(17)9-5-8(15)6-11(16)10(9)7-14/h5-7,15-16H,3-4H2,1-2H3. The Morgan fingerprint density at radius 3 is 2.35 bits per heavy atom. The van der Waals surface area contributed by atoms with Crippen molar-refractivity contribution in [3.05, 3.63) is 23.3 Å². The monoisotopic (exact) mass is 237 g/mol. The summed E-state index contributed by atoms with van der Waals surface area (Å²) in [6.07, 6.45) is 0.408. The van der Waals surface area contributed by atoms with Crippen LogP contribution in [0.5, 0.6) is 11.5 Å². The first-order valence-corrected chi connectivity index (χ1v) is 5.35. The lowest BCUT2D eigenvalue weighted by Crippen LogP contribution is -2.31. The fourth-order valence-corrected chi connectivity index (χ4v) is 1.61. The van der Waals surface area contributed by atoms with Gasteiger partial charge in [-0.05, 0) is 19.9 Å². The lowest BCUT2D eigenvalue weighted by molar-refractivity contribution is 0.0769. The lowest BCUT2D eigenvalue weighted by Gasteiger charge is -2.19. The molecule has 92 valence electrons. The van der Waals surface area contributed by atoms with Crippen LogP contribution in [-0.2, 0) is 0 Å². The third kappa shape index (κ3) is 2.55. The summed E-state index contributed by atoms with van der Waals surface area (Å²) in [5, 5.41) is 18.8. The molecule has 0 saturated carbocycles. The van der Waals surface area contributed by atoms with Crippen LogP contribution in [0.2, 0.25) is 0 Å². The van der Waals surface area contributed by atoms with Gasteiger partial charge in [0.25, 0.3) is 5.91 Å². The van der Waals surface area contributed by atoms with Crippen LogP contribution >= 0.6 is 0 Å². The summed E-state index contributed by atoms with van der Waals surface area (Å²) >= 11 is 0. The summed E-state index contributed by atoms with van der Waals surface area (Å²) < 4.78 is 0. The molecule has 0 heterocycles. The highest BCUT2D eigenvalue weighted by Gasteiger charge is 2.19. The fraction of sp³-hybridized carbons (Fsp3) is 0.333. The molecule has 1 amide bonds. The van der Waals surface area contributed by atoms with E-state index in [-0.39, 0.29) is 22.8 Å². The van der Waals surface area contributed by atoms with Crippen LogP contribution in [0.1, 0.15) is 34.6 Å². The van der Waals surface area contributed by atoms with E-state index in [0.29, 0.717) is 19.4 Å². The number of rotatable bonds is 4. The summed E-state index contributed by atoms with van der Waals surface area (Å²) in [4.78, 5) is 24.4. The maximum absolute atomic E-state index is 12.0. The SMILES string of the molecule is CCN(CC)C(=O)c1cc(O)cc(O)c1C=O. The van der Waals surface area contributed by atoms with E-state index in [1.165, 1.54) is 11.0 Å². The third-order valence-corrected chi connectivity index (χ3v) is 2.54. The molecule has 0 aliphatic heterocycles. The summed E-state index contributed by atoms with van der Waals surface area (Å²) in [6, 6.07) is 2.22. The van der Waals surface area contributed by atoms with Gasteiger partial charge in [-0.15, -0.1) is 0 Å². The maximum Gasteiger partial charge on any atom is 0.254 e. The minimum absolute atomic E-state index is 0.0150. The quantitative estimate of drug-likeness (QED) is 0.776. The number of hydrogen-bond acceptors (Lipinski definition) is 4. The highest BCUT2D eigenvalue weighted by molar-refractivity contribution is 6.03. The fourth-order valence-electron chi connectivity index (χ4n) is 1.61. The number of carbonyl (C=O) groups excluding carboxylic acids is 2. The van der Waals surface area contributed by atoms with Crippen LogP contribution in [0.3, 0.4) is 0 Å². The van der Waals surface area contributed by atoms with Crippen LogP contribution in [0.25, 0.3) is 0 Å². The minimum Gasteiger partial charge on any atom is -0.508 e. The average Bonchev–Trinajstić information content (AvgIpc) is 2.29. The second-order valence-electron chi connectivity index (χ2n) is 3.52. The van der Waals surface area contributed by atoms with Gasteiger partial charge in [0.2, 0.25) is 0 Å². The van der Waals surface area contributed by atoms with E-state index in [0.717, 1.165) is 6.07 Å². The summed E-state index contributed by atoms with van der Waals surface area (Å²) in [6.45, 7) is 4.60. The Morgan fingerprint density at radius 2 is 1.88 bits per heavy atom. The van der Waals surface area contributed by atoms with E-state index in [4.69, 9.17) is 0 Å². The highest BCUT2D eigenvalue weighted by Crippen LogP contribution is 2.26. The zero-order valence-electron chi connectivity index (χ0n) is 9.80. The van der Waals surface area contributed by atoms with Crippen LogP contribution in [0, 0.1) is 0 Å². The summed E-state index contributed by atoms with van der Waals surface area (Å²) in [5.41, 5.74) is -0.0825. The molecule has 5 heteroatoms. The number of nitrogens with zero attached hydrogens (tertiary/aromatic N) is 1. The number of aromatic hydroxyl groups is 2. The van der Waals surface area contributed by atoms with Crippen molar-refractivity contribution in [1.82, 2.24) is 4.90 Å². The Hall–Kier alpha value is -2.04. The smallest absolute Gasteiger partial charge is 0.254 e. The normalized spacial score (nSPS) is 10.0. The first-order valence-electron chi connectivity index (χ1n) is 5.35. The van der Waals surface area contributed by atoms with Crippen LogP contribution in [0.15, 0.2) is 12.1 Å². The Kier molecular flexibility index (Phi) is 4.09. The molecular formula is C12H15NO4. The summed E-state index contributed by atoms with van der Waals surface area (Å²) in [7, 11) is 0. The number of carbonyl (C=O) groups is 2. The van der Waals surface area contributed by atoms with Gasteiger partial charge in [0.1, 0.15) is 11.5 Å². The molecule has 0 unspecified atom stereocenters. The summed E-state index contributed by atoms with van der Waals surface area (Å²) in [5.74, 6) is -1.03. The van der Waals surface area contributed by atoms with Gasteiger partial charge in [-0.1, -0.05) is 0 Å². The Labute approximate surface area is 99.3 Å². The van der Waals surface area contributed by atoms with Gasteiger partial charge in [-0.3, -0.25) is 9.59 Å². The number of phenolic OH excluding ortho intramolecular Hbond substituents is 2. The van der Waals surface area contributed by atoms with Gasteiger partial charge in [-0.25, -0.2) is 0 Å². The van der Waals surface area contributed by atoms with E-state index in [1.54, 1.807) is 0 Å². The first kappa shape index (κ1) is 13.0. The van der Waals surface area contributed by atoms with Crippen molar-refractivity contribution in [3.8, 4) is 11.5 Å². The third-order valence-electron chi connectivity index (χ3n) is 2.54. The Bertz CT molecular complexity index is 438. The van der Waals surface area contributed by atoms with Crippen molar-refractivity contribution < 1.29 is 19.8 Å². The van der Waals surface area contributed by atoms with Crippen molar-refractivity contribution >= 4 is 12.2 Å². The molecule has 0 atom stereocenters. The molecule has 0 saturated heterocycles. The molecule has 0 radical (unpaired) electrons. The van der Waals surface area contributed by atoms with Gasteiger partial charge >= 0.3 is 0 Å². The minimum atomic E-state index is -0.393. The first-order chi connectivity index (χ1) is 8.04. The molecule has 0 spiro atoms. The molecule has 5 nitrogen and oxygen atoms in total. The Morgan fingerprint density at radius 1 is 1.29 bits per heavy atom. The van der Waals surface area contributed by atoms with Crippen LogP contribution in [0.4, 0.5) is 0 Å². The van der Waals surface area contributed by atoms with Gasteiger partial charge in [0, 0.05) is 19.2 Å². The molecule has 0 aliphatic carbocycles. The largest absolute Gasteiger partial charge is 0.508 e. The van der Waals surface area contributed by atoms with Crippen LogP contribution < -0.4 is 0 Å². The maximum atomic E-state index is 12.0. The molecule has 0 aromatic heterocycles. The second kappa shape index (κ2) is 5.34. The van der Waals surface area contributed by atoms with E-state index in [9.17, 15) is 19.8 Å². The number of aldehydes is 1. The van der Waals surface area contributed by atoms with E-state index in [1.807, 2.05) is 13.8 Å². The van der Waals surface area contributed by atoms with Crippen molar-refractivity contribution in [2.24, 2.45) is 0 Å². The molecule has 1 rings (SSSR count). The van der Waals surface area contributed by atoms with Crippen LogP contribution in [-0.4, -0.2) is 40.4 Å². The molecule has 1 aromatic carbocycles. The molecule has 0 aliphatic rings. The molecule has 17 heavy (non-hydrogen) atoms. The molecular weight excluding hydrogens is 222 g/mol. The van der Waals surface area contributed by atoms with Crippen molar-refractivity contribution in [1.29, 1.82) is 0 Å². The number of benzene rings is 1. The molecule has 0 bridgehead atoms. The van der Waals surface area contributed by atoms with E-state index in [2.05, 4.69) is 0 Å². The van der Waals surface area contributed by atoms with Gasteiger partial charge in [0.05, 0.1) is 11.1 Å².